The summed E-state index contributed by atoms with van der Waals surface area (Å²) in [6.45, 7) is 0.551. The highest BCUT2D eigenvalue weighted by Crippen LogP contribution is 2.21. The first-order valence-electron chi connectivity index (χ1n) is 6.31. The molecule has 0 fully saturated rings. The Morgan fingerprint density at radius 1 is 1.18 bits per heavy atom. The maximum absolute atomic E-state index is 9.43. The van der Waals surface area contributed by atoms with Gasteiger partial charge in [0.2, 0.25) is 5.16 Å². The Labute approximate surface area is 136 Å². The van der Waals surface area contributed by atoms with Gasteiger partial charge in [-0.25, -0.2) is 0 Å². The summed E-state index contributed by atoms with van der Waals surface area (Å²) < 4.78 is 0. The van der Waals surface area contributed by atoms with Crippen LogP contribution in [0.3, 0.4) is 0 Å². The molecule has 0 unspecified atom stereocenters. The molecule has 0 spiro atoms. The maximum atomic E-state index is 9.43. The Morgan fingerprint density at radius 2 is 1.95 bits per heavy atom. The number of hydrogen-bond donors (Lipinski definition) is 3. The Hall–Kier alpha value is -2.18. The molecular formula is C13H15N7S2. The molecule has 3 N–H and O–H groups in total. The standard InChI is InChI=1S/C13H15N7S2/c1-21-12-10(7-14)11(17-19-13(22-2)20-18-12)16-8-9-3-5-15-6-4-9/h3-6,16-17H,8H2,1-2H3,(H,19,20). The van der Waals surface area contributed by atoms with Crippen molar-refractivity contribution in [2.45, 2.75) is 16.7 Å². The molecule has 114 valence electrons. The Bertz CT molecular complexity index is 701. The topological polar surface area (TPSA) is 106 Å². The highest BCUT2D eigenvalue weighted by atomic mass is 32.2. The molecular weight excluding hydrogens is 318 g/mol. The van der Waals surface area contributed by atoms with Crippen LogP contribution in [-0.2, 0) is 6.54 Å². The van der Waals surface area contributed by atoms with Crippen molar-refractivity contribution < 1.29 is 0 Å². The zero-order chi connectivity index (χ0) is 15.8. The van der Waals surface area contributed by atoms with E-state index in [1.165, 1.54) is 23.5 Å². The van der Waals surface area contributed by atoms with E-state index in [1.807, 2.05) is 24.6 Å². The van der Waals surface area contributed by atoms with Gasteiger partial charge in [-0.3, -0.25) is 15.2 Å². The number of pyridine rings is 1. The molecule has 2 heterocycles. The van der Waals surface area contributed by atoms with Gasteiger partial charge in [0.05, 0.1) is 0 Å². The van der Waals surface area contributed by atoms with Gasteiger partial charge in [-0.2, -0.15) is 10.4 Å². The number of nitriles is 1. The average molecular weight is 333 g/mol. The van der Waals surface area contributed by atoms with Crippen LogP contribution in [0.2, 0.25) is 0 Å². The monoisotopic (exact) mass is 333 g/mol. The van der Waals surface area contributed by atoms with Gasteiger partial charge in [-0.05, 0) is 30.2 Å². The summed E-state index contributed by atoms with van der Waals surface area (Å²) in [5.41, 5.74) is 1.47. The molecule has 9 heteroatoms. The van der Waals surface area contributed by atoms with Crippen molar-refractivity contribution >= 4 is 29.3 Å². The van der Waals surface area contributed by atoms with Crippen molar-refractivity contribution in [1.82, 2.24) is 25.4 Å². The normalized spacial score (nSPS) is 9.86. The first-order chi connectivity index (χ1) is 10.8. The number of thioether (sulfide) groups is 2. The van der Waals surface area contributed by atoms with Crippen molar-refractivity contribution in [2.24, 2.45) is 0 Å². The molecule has 0 aliphatic rings. The minimum atomic E-state index is 0.415. The summed E-state index contributed by atoms with van der Waals surface area (Å²) in [7, 11) is 0. The molecule has 0 aliphatic carbocycles. The molecule has 2 rings (SSSR count). The van der Waals surface area contributed by atoms with Gasteiger partial charge < -0.3 is 5.32 Å². The third-order valence-corrected chi connectivity index (χ3v) is 3.95. The van der Waals surface area contributed by atoms with Gasteiger partial charge in [-0.1, -0.05) is 11.8 Å². The second kappa shape index (κ2) is 8.31. The third kappa shape index (κ3) is 4.16. The number of aromatic nitrogens is 5. The summed E-state index contributed by atoms with van der Waals surface area (Å²) in [4.78, 5) is 3.98. The molecule has 2 aromatic heterocycles. The van der Waals surface area contributed by atoms with E-state index in [9.17, 15) is 5.26 Å². The maximum Gasteiger partial charge on any atom is 0.200 e. The van der Waals surface area contributed by atoms with Gasteiger partial charge in [-0.15, -0.1) is 16.9 Å². The lowest BCUT2D eigenvalue weighted by Gasteiger charge is -2.08. The zero-order valence-electron chi connectivity index (χ0n) is 12.1. The highest BCUT2D eigenvalue weighted by molar-refractivity contribution is 7.98. The van der Waals surface area contributed by atoms with Crippen LogP contribution in [0.15, 0.2) is 34.7 Å². The fourth-order valence-electron chi connectivity index (χ4n) is 1.61. The molecule has 0 radical (unpaired) electrons. The fourth-order valence-corrected chi connectivity index (χ4v) is 2.37. The lowest BCUT2D eigenvalue weighted by Crippen LogP contribution is -2.06. The second-order valence-corrected chi connectivity index (χ2v) is 5.63. The van der Waals surface area contributed by atoms with Gasteiger partial charge in [0.15, 0.2) is 0 Å². The molecule has 0 aromatic carbocycles. The van der Waals surface area contributed by atoms with Gasteiger partial charge in [0.1, 0.15) is 22.5 Å². The number of nitrogens with one attached hydrogen (secondary N) is 3. The van der Waals surface area contributed by atoms with Crippen molar-refractivity contribution in [3.05, 3.63) is 35.7 Å². The summed E-state index contributed by atoms with van der Waals surface area (Å²) in [5, 5.41) is 28.0. The summed E-state index contributed by atoms with van der Waals surface area (Å²) >= 11 is 2.82. The number of H-pyrrole nitrogens is 2. The van der Waals surface area contributed by atoms with E-state index < -0.39 is 0 Å². The Kier molecular flexibility index (Phi) is 6.12. The second-order valence-electron chi connectivity index (χ2n) is 4.04. The molecule has 0 saturated heterocycles. The number of aromatic amines is 2. The van der Waals surface area contributed by atoms with Gasteiger partial charge in [0.25, 0.3) is 0 Å². The van der Waals surface area contributed by atoms with Crippen LogP contribution in [0.4, 0.5) is 5.82 Å². The first kappa shape index (κ1) is 16.2. The highest BCUT2D eigenvalue weighted by Gasteiger charge is 2.09. The quantitative estimate of drug-likeness (QED) is 0.722. The van der Waals surface area contributed by atoms with Crippen LogP contribution >= 0.6 is 23.5 Å². The predicted octanol–water partition coefficient (Wildman–Crippen LogP) is 2.58. The predicted molar refractivity (Wildman–Crippen MR) is 88.2 cm³/mol. The first-order valence-corrected chi connectivity index (χ1v) is 8.76. The van der Waals surface area contributed by atoms with Crippen molar-refractivity contribution in [3.8, 4) is 6.07 Å². The van der Waals surface area contributed by atoms with E-state index in [0.29, 0.717) is 28.1 Å². The third-order valence-electron chi connectivity index (χ3n) is 2.70. The average Bonchev–Trinajstić information content (AvgIpc) is 2.55. The number of nitrogens with zero attached hydrogens (tertiary/aromatic N) is 4. The van der Waals surface area contributed by atoms with E-state index in [0.717, 1.165) is 5.56 Å². The molecule has 22 heavy (non-hydrogen) atoms. The van der Waals surface area contributed by atoms with Crippen molar-refractivity contribution in [3.63, 3.8) is 0 Å². The minimum absolute atomic E-state index is 0.415. The molecule has 0 atom stereocenters. The van der Waals surface area contributed by atoms with E-state index in [2.05, 4.69) is 36.8 Å². The van der Waals surface area contributed by atoms with Crippen LogP contribution in [-0.4, -0.2) is 37.9 Å². The summed E-state index contributed by atoms with van der Waals surface area (Å²) in [6, 6.07) is 5.98. The van der Waals surface area contributed by atoms with E-state index in [1.54, 1.807) is 12.4 Å². The van der Waals surface area contributed by atoms with Crippen LogP contribution in [0, 0.1) is 11.3 Å². The molecule has 0 aliphatic heterocycles. The van der Waals surface area contributed by atoms with Crippen LogP contribution in [0.1, 0.15) is 11.1 Å². The Balaban J connectivity index is 2.39. The molecule has 2 aromatic rings. The number of anilines is 1. The summed E-state index contributed by atoms with van der Waals surface area (Å²) in [5.74, 6) is 0.528. The van der Waals surface area contributed by atoms with Crippen molar-refractivity contribution in [1.29, 1.82) is 5.26 Å². The molecule has 0 amide bonds. The van der Waals surface area contributed by atoms with E-state index in [4.69, 9.17) is 0 Å². The number of rotatable bonds is 5. The lowest BCUT2D eigenvalue weighted by atomic mass is 10.2. The largest absolute Gasteiger partial charge is 0.365 e. The van der Waals surface area contributed by atoms with Crippen LogP contribution in [0.25, 0.3) is 0 Å². The minimum Gasteiger partial charge on any atom is -0.365 e. The molecule has 0 bridgehead atoms. The van der Waals surface area contributed by atoms with Gasteiger partial charge in [0, 0.05) is 18.9 Å². The number of hydrogen-bond acceptors (Lipinski definition) is 7. The zero-order valence-corrected chi connectivity index (χ0v) is 13.8. The van der Waals surface area contributed by atoms with Gasteiger partial charge >= 0.3 is 0 Å². The summed E-state index contributed by atoms with van der Waals surface area (Å²) in [6.07, 6.45) is 7.22. The van der Waals surface area contributed by atoms with E-state index >= 15 is 0 Å². The van der Waals surface area contributed by atoms with Crippen molar-refractivity contribution in [2.75, 3.05) is 17.8 Å². The van der Waals surface area contributed by atoms with Crippen LogP contribution in [0.5, 0.6) is 0 Å². The smallest absolute Gasteiger partial charge is 0.200 e. The SMILES string of the molecule is CSc1n[nH]c(NCc2ccncc2)c(C#N)c(SC)n[nH]1. The fraction of sp³-hybridized carbons (Fsp3) is 0.231. The van der Waals surface area contributed by atoms with E-state index in [-0.39, 0.29) is 0 Å². The Morgan fingerprint density at radius 3 is 2.59 bits per heavy atom. The lowest BCUT2D eigenvalue weighted by molar-refractivity contribution is 0.767. The molecule has 7 nitrogen and oxygen atoms in total. The van der Waals surface area contributed by atoms with Crippen LogP contribution < -0.4 is 5.32 Å². The molecule has 0 saturated carbocycles.